The van der Waals surface area contributed by atoms with Gasteiger partial charge in [0.05, 0.1) is 17.7 Å². The minimum Gasteiger partial charge on any atom is -0.275 e. The van der Waals surface area contributed by atoms with E-state index < -0.39 is 0 Å². The number of hydrogen-bond donors (Lipinski definition) is 0. The summed E-state index contributed by atoms with van der Waals surface area (Å²) in [6.07, 6.45) is 5.21. The van der Waals surface area contributed by atoms with Crippen molar-refractivity contribution in [2.45, 2.75) is 25.2 Å². The Labute approximate surface area is 71.6 Å². The maximum atomic E-state index is 8.85. The molecule has 1 aliphatic rings. The number of hydrogen-bond acceptors (Lipinski definition) is 2. The van der Waals surface area contributed by atoms with E-state index in [4.69, 9.17) is 5.26 Å². The minimum atomic E-state index is 0.0370. The summed E-state index contributed by atoms with van der Waals surface area (Å²) >= 11 is 0. The lowest BCUT2D eigenvalue weighted by Gasteiger charge is -2.13. The molecule has 1 heterocycles. The Bertz CT molecular complexity index is 332. The maximum absolute atomic E-state index is 8.85. The van der Waals surface area contributed by atoms with Crippen LogP contribution < -0.4 is 0 Å². The van der Waals surface area contributed by atoms with Crippen LogP contribution in [-0.2, 0) is 13.5 Å². The molecule has 12 heavy (non-hydrogen) atoms. The van der Waals surface area contributed by atoms with E-state index in [2.05, 4.69) is 11.2 Å². The van der Waals surface area contributed by atoms with Crippen LogP contribution in [0.4, 0.5) is 0 Å². The monoisotopic (exact) mass is 161 g/mol. The van der Waals surface area contributed by atoms with E-state index in [0.29, 0.717) is 0 Å². The first-order chi connectivity index (χ1) is 5.81. The number of rotatable bonds is 0. The molecule has 0 saturated heterocycles. The zero-order valence-electron chi connectivity index (χ0n) is 7.12. The van der Waals surface area contributed by atoms with Crippen LogP contribution in [0.2, 0.25) is 0 Å². The van der Waals surface area contributed by atoms with Gasteiger partial charge in [0, 0.05) is 13.2 Å². The van der Waals surface area contributed by atoms with E-state index in [0.717, 1.165) is 25.0 Å². The van der Waals surface area contributed by atoms with Gasteiger partial charge < -0.3 is 0 Å². The Balaban J connectivity index is 2.45. The molecule has 0 amide bonds. The third-order valence-corrected chi connectivity index (χ3v) is 2.36. The summed E-state index contributed by atoms with van der Waals surface area (Å²) in [5, 5.41) is 13.1. The summed E-state index contributed by atoms with van der Waals surface area (Å²) in [5.41, 5.74) is 2.27. The molecule has 0 bridgehead atoms. The Morgan fingerprint density at radius 3 is 3.33 bits per heavy atom. The summed E-state index contributed by atoms with van der Waals surface area (Å²) in [6, 6.07) is 2.30. The average Bonchev–Trinajstić information content (AvgIpc) is 2.44. The smallest absolute Gasteiger partial charge is 0.0906 e. The molecule has 62 valence electrons. The van der Waals surface area contributed by atoms with E-state index in [-0.39, 0.29) is 5.92 Å². The first kappa shape index (κ1) is 7.35. The van der Waals surface area contributed by atoms with Gasteiger partial charge in [-0.3, -0.25) is 4.68 Å². The molecule has 0 spiro atoms. The fourth-order valence-corrected chi connectivity index (χ4v) is 1.80. The van der Waals surface area contributed by atoms with Crippen molar-refractivity contribution in [1.29, 1.82) is 5.26 Å². The van der Waals surface area contributed by atoms with Gasteiger partial charge in [-0.15, -0.1) is 0 Å². The van der Waals surface area contributed by atoms with Crippen LogP contribution in [0.15, 0.2) is 6.20 Å². The van der Waals surface area contributed by atoms with Crippen LogP contribution in [-0.4, -0.2) is 9.78 Å². The van der Waals surface area contributed by atoms with Gasteiger partial charge in [-0.25, -0.2) is 0 Å². The average molecular weight is 161 g/mol. The molecule has 1 unspecified atom stereocenters. The summed E-state index contributed by atoms with van der Waals surface area (Å²) < 4.78 is 1.81. The predicted molar refractivity (Wildman–Crippen MR) is 44.5 cm³/mol. The number of nitriles is 1. The molecule has 0 fully saturated rings. The van der Waals surface area contributed by atoms with E-state index >= 15 is 0 Å². The molecule has 1 aliphatic carbocycles. The summed E-state index contributed by atoms with van der Waals surface area (Å²) in [4.78, 5) is 0. The van der Waals surface area contributed by atoms with Gasteiger partial charge in [0.15, 0.2) is 0 Å². The molecular weight excluding hydrogens is 150 g/mol. The normalized spacial score (nSPS) is 21.5. The highest BCUT2D eigenvalue weighted by atomic mass is 15.3. The van der Waals surface area contributed by atoms with Crippen molar-refractivity contribution in [3.8, 4) is 6.07 Å². The second kappa shape index (κ2) is 2.63. The molecule has 1 atom stereocenters. The van der Waals surface area contributed by atoms with Crippen molar-refractivity contribution < 1.29 is 0 Å². The van der Waals surface area contributed by atoms with Crippen molar-refractivity contribution in [2.75, 3.05) is 0 Å². The Hall–Kier alpha value is -1.30. The standard InChI is InChI=1S/C9H11N3/c1-12-6-8-4-2-3-7(5-10)9(8)11-12/h6-7H,2-4H2,1H3. The number of nitrogens with zero attached hydrogens (tertiary/aromatic N) is 3. The number of fused-ring (bicyclic) bond motifs is 1. The Morgan fingerprint density at radius 2 is 2.58 bits per heavy atom. The summed E-state index contributed by atoms with van der Waals surface area (Å²) in [5.74, 6) is 0.0370. The van der Waals surface area contributed by atoms with Gasteiger partial charge in [-0.05, 0) is 24.8 Å². The maximum Gasteiger partial charge on any atom is 0.0906 e. The molecule has 3 nitrogen and oxygen atoms in total. The summed E-state index contributed by atoms with van der Waals surface area (Å²) in [6.45, 7) is 0. The van der Waals surface area contributed by atoms with Crippen LogP contribution in [0.25, 0.3) is 0 Å². The fraction of sp³-hybridized carbons (Fsp3) is 0.556. The first-order valence-electron chi connectivity index (χ1n) is 4.23. The molecule has 1 aromatic rings. The number of aromatic nitrogens is 2. The zero-order valence-corrected chi connectivity index (χ0v) is 7.12. The van der Waals surface area contributed by atoms with Crippen molar-refractivity contribution >= 4 is 0 Å². The van der Waals surface area contributed by atoms with Crippen molar-refractivity contribution in [3.63, 3.8) is 0 Å². The van der Waals surface area contributed by atoms with Crippen molar-refractivity contribution in [3.05, 3.63) is 17.5 Å². The predicted octanol–water partition coefficient (Wildman–Crippen LogP) is 1.36. The lowest BCUT2D eigenvalue weighted by molar-refractivity contribution is 0.617. The lowest BCUT2D eigenvalue weighted by atomic mass is 9.89. The molecule has 0 aliphatic heterocycles. The molecule has 0 radical (unpaired) electrons. The van der Waals surface area contributed by atoms with E-state index in [1.54, 1.807) is 4.68 Å². The quantitative estimate of drug-likeness (QED) is 0.576. The third-order valence-electron chi connectivity index (χ3n) is 2.36. The van der Waals surface area contributed by atoms with Crippen LogP contribution >= 0.6 is 0 Å². The van der Waals surface area contributed by atoms with E-state index in [9.17, 15) is 0 Å². The highest BCUT2D eigenvalue weighted by molar-refractivity contribution is 5.28. The lowest BCUT2D eigenvalue weighted by Crippen LogP contribution is -2.06. The van der Waals surface area contributed by atoms with Gasteiger partial charge in [0.25, 0.3) is 0 Å². The number of aryl methyl sites for hydroxylation is 2. The first-order valence-corrected chi connectivity index (χ1v) is 4.23. The second-order valence-electron chi connectivity index (χ2n) is 3.29. The van der Waals surface area contributed by atoms with Gasteiger partial charge in [-0.1, -0.05) is 0 Å². The SMILES string of the molecule is Cn1cc2c(n1)C(C#N)CCC2. The fourth-order valence-electron chi connectivity index (χ4n) is 1.80. The van der Waals surface area contributed by atoms with Gasteiger partial charge in [-0.2, -0.15) is 10.4 Å². The minimum absolute atomic E-state index is 0.0370. The van der Waals surface area contributed by atoms with E-state index in [1.165, 1.54) is 5.56 Å². The largest absolute Gasteiger partial charge is 0.275 e. The van der Waals surface area contributed by atoms with Gasteiger partial charge in [0.2, 0.25) is 0 Å². The van der Waals surface area contributed by atoms with Crippen LogP contribution in [0.5, 0.6) is 0 Å². The highest BCUT2D eigenvalue weighted by Gasteiger charge is 2.22. The molecule has 2 rings (SSSR count). The van der Waals surface area contributed by atoms with Gasteiger partial charge in [0.1, 0.15) is 0 Å². The Kier molecular flexibility index (Phi) is 1.61. The van der Waals surface area contributed by atoms with Crippen LogP contribution in [0, 0.1) is 11.3 Å². The van der Waals surface area contributed by atoms with Crippen LogP contribution in [0.1, 0.15) is 30.0 Å². The second-order valence-corrected chi connectivity index (χ2v) is 3.29. The van der Waals surface area contributed by atoms with Crippen molar-refractivity contribution in [1.82, 2.24) is 9.78 Å². The molecule has 0 aromatic carbocycles. The zero-order chi connectivity index (χ0) is 8.55. The molecule has 3 heteroatoms. The third kappa shape index (κ3) is 1.00. The van der Waals surface area contributed by atoms with Crippen LogP contribution in [0.3, 0.4) is 0 Å². The highest BCUT2D eigenvalue weighted by Crippen LogP contribution is 2.29. The molecular formula is C9H11N3. The molecule has 1 aromatic heterocycles. The molecule has 0 saturated carbocycles. The van der Waals surface area contributed by atoms with Crippen molar-refractivity contribution in [2.24, 2.45) is 7.05 Å². The Morgan fingerprint density at radius 1 is 1.75 bits per heavy atom. The molecule has 0 N–H and O–H groups in total. The summed E-state index contributed by atoms with van der Waals surface area (Å²) in [7, 11) is 1.91. The topological polar surface area (TPSA) is 41.6 Å². The van der Waals surface area contributed by atoms with E-state index in [1.807, 2.05) is 13.2 Å². The van der Waals surface area contributed by atoms with Gasteiger partial charge >= 0.3 is 0 Å².